The highest BCUT2D eigenvalue weighted by Crippen LogP contribution is 2.14. The first-order chi connectivity index (χ1) is 7.71. The molecule has 0 saturated heterocycles. The Morgan fingerprint density at radius 3 is 2.75 bits per heavy atom. The lowest BCUT2D eigenvalue weighted by molar-refractivity contribution is 0.0630. The molecule has 1 rings (SSSR count). The smallest absolute Gasteiger partial charge is 0.0897 e. The maximum atomic E-state index is 5.54. The van der Waals surface area contributed by atoms with Crippen molar-refractivity contribution in [3.05, 3.63) is 16.1 Å². The molecule has 2 unspecified atom stereocenters. The standard InChI is InChI=1S/C12H22N2OS/c1-5-6-12(15-4)11(13-3)7-10-8-16-9(2)14-10/h8,11-13H,5-7H2,1-4H3. The van der Waals surface area contributed by atoms with E-state index in [1.54, 1.807) is 18.4 Å². The number of rotatable bonds is 7. The zero-order valence-electron chi connectivity index (χ0n) is 10.6. The predicted octanol–water partition coefficient (Wildman–Crippen LogP) is 2.40. The molecule has 92 valence electrons. The predicted molar refractivity (Wildman–Crippen MR) is 69.1 cm³/mol. The molecule has 1 aromatic heterocycles. The van der Waals surface area contributed by atoms with Gasteiger partial charge in [-0.25, -0.2) is 4.98 Å². The van der Waals surface area contributed by atoms with Crippen molar-refractivity contribution in [1.29, 1.82) is 0 Å². The SMILES string of the molecule is CCCC(OC)C(Cc1csc(C)n1)NC. The molecule has 4 heteroatoms. The number of ether oxygens (including phenoxy) is 1. The van der Waals surface area contributed by atoms with Gasteiger partial charge in [0.25, 0.3) is 0 Å². The van der Waals surface area contributed by atoms with Gasteiger partial charge >= 0.3 is 0 Å². The summed E-state index contributed by atoms with van der Waals surface area (Å²) in [6, 6.07) is 0.353. The minimum absolute atomic E-state index is 0.275. The van der Waals surface area contributed by atoms with Gasteiger partial charge in [0, 0.05) is 25.0 Å². The number of likely N-dealkylation sites (N-methyl/N-ethyl adjacent to an activating group) is 1. The van der Waals surface area contributed by atoms with Crippen LogP contribution in [0.1, 0.15) is 30.5 Å². The van der Waals surface area contributed by atoms with Crippen molar-refractivity contribution in [2.24, 2.45) is 0 Å². The summed E-state index contributed by atoms with van der Waals surface area (Å²) in [5.41, 5.74) is 1.17. The molecule has 0 fully saturated rings. The van der Waals surface area contributed by atoms with E-state index >= 15 is 0 Å². The van der Waals surface area contributed by atoms with Crippen LogP contribution in [0.25, 0.3) is 0 Å². The van der Waals surface area contributed by atoms with Gasteiger partial charge in [0.05, 0.1) is 16.8 Å². The van der Waals surface area contributed by atoms with Crippen molar-refractivity contribution in [1.82, 2.24) is 10.3 Å². The van der Waals surface area contributed by atoms with E-state index in [1.165, 1.54) is 5.69 Å². The molecule has 0 aliphatic rings. The Morgan fingerprint density at radius 1 is 1.56 bits per heavy atom. The van der Waals surface area contributed by atoms with Gasteiger partial charge in [-0.15, -0.1) is 11.3 Å². The van der Waals surface area contributed by atoms with Gasteiger partial charge < -0.3 is 10.1 Å². The van der Waals surface area contributed by atoms with Gasteiger partial charge in [-0.05, 0) is 20.4 Å². The summed E-state index contributed by atoms with van der Waals surface area (Å²) in [5, 5.41) is 6.61. The fourth-order valence-corrected chi connectivity index (χ4v) is 2.54. The number of nitrogens with one attached hydrogen (secondary N) is 1. The van der Waals surface area contributed by atoms with Crippen molar-refractivity contribution in [2.45, 2.75) is 45.3 Å². The normalized spacial score (nSPS) is 15.0. The number of thiazole rings is 1. The molecule has 1 heterocycles. The van der Waals surface area contributed by atoms with E-state index in [4.69, 9.17) is 4.74 Å². The van der Waals surface area contributed by atoms with Gasteiger partial charge in [0.2, 0.25) is 0 Å². The van der Waals surface area contributed by atoms with E-state index < -0.39 is 0 Å². The Labute approximate surface area is 102 Å². The van der Waals surface area contributed by atoms with Crippen LogP contribution >= 0.6 is 11.3 Å². The molecule has 0 bridgehead atoms. The Kier molecular flexibility index (Phi) is 5.95. The Bertz CT molecular complexity index is 301. The topological polar surface area (TPSA) is 34.1 Å². The molecule has 1 aromatic rings. The molecule has 0 aromatic carbocycles. The van der Waals surface area contributed by atoms with Crippen LogP contribution in [0.15, 0.2) is 5.38 Å². The third-order valence-corrected chi connectivity index (χ3v) is 3.61. The molecule has 0 aliphatic heterocycles. The first-order valence-corrected chi connectivity index (χ1v) is 6.70. The van der Waals surface area contributed by atoms with Crippen LogP contribution in [-0.4, -0.2) is 31.3 Å². The minimum Gasteiger partial charge on any atom is -0.380 e. The third-order valence-electron chi connectivity index (χ3n) is 2.79. The fraction of sp³-hybridized carbons (Fsp3) is 0.750. The lowest BCUT2D eigenvalue weighted by atomic mass is 10.0. The van der Waals surface area contributed by atoms with Crippen LogP contribution in [-0.2, 0) is 11.2 Å². The maximum Gasteiger partial charge on any atom is 0.0897 e. The lowest BCUT2D eigenvalue weighted by Crippen LogP contribution is -2.40. The number of aromatic nitrogens is 1. The highest BCUT2D eigenvalue weighted by atomic mass is 32.1. The number of hydrogen-bond donors (Lipinski definition) is 1. The molecule has 2 atom stereocenters. The summed E-state index contributed by atoms with van der Waals surface area (Å²) in [6.45, 7) is 4.23. The molecule has 0 radical (unpaired) electrons. The molecule has 0 spiro atoms. The zero-order chi connectivity index (χ0) is 12.0. The molecular weight excluding hydrogens is 220 g/mol. The Balaban J connectivity index is 2.59. The minimum atomic E-state index is 0.275. The van der Waals surface area contributed by atoms with Crippen LogP contribution in [0.2, 0.25) is 0 Å². The molecule has 16 heavy (non-hydrogen) atoms. The van der Waals surface area contributed by atoms with Crippen LogP contribution in [0.5, 0.6) is 0 Å². The first-order valence-electron chi connectivity index (χ1n) is 5.82. The van der Waals surface area contributed by atoms with Crippen molar-refractivity contribution < 1.29 is 4.74 Å². The summed E-state index contributed by atoms with van der Waals surface area (Å²) in [7, 11) is 3.78. The second kappa shape index (κ2) is 6.99. The monoisotopic (exact) mass is 242 g/mol. The Hall–Kier alpha value is -0.450. The van der Waals surface area contributed by atoms with E-state index in [9.17, 15) is 0 Å². The third kappa shape index (κ3) is 3.85. The summed E-state index contributed by atoms with van der Waals surface area (Å²) in [5.74, 6) is 0. The molecule has 0 aliphatic carbocycles. The van der Waals surface area contributed by atoms with Crippen molar-refractivity contribution in [2.75, 3.05) is 14.2 Å². The average molecular weight is 242 g/mol. The van der Waals surface area contributed by atoms with Gasteiger partial charge in [0.1, 0.15) is 0 Å². The van der Waals surface area contributed by atoms with Crippen molar-refractivity contribution in [3.8, 4) is 0 Å². The maximum absolute atomic E-state index is 5.54. The van der Waals surface area contributed by atoms with Gasteiger partial charge in [-0.3, -0.25) is 0 Å². The molecule has 0 amide bonds. The number of methoxy groups -OCH3 is 1. The van der Waals surface area contributed by atoms with E-state index in [0.717, 1.165) is 24.3 Å². The van der Waals surface area contributed by atoms with Crippen LogP contribution in [0.4, 0.5) is 0 Å². The second-order valence-corrected chi connectivity index (χ2v) is 5.08. The van der Waals surface area contributed by atoms with Gasteiger partial charge in [-0.2, -0.15) is 0 Å². The molecular formula is C12H22N2OS. The van der Waals surface area contributed by atoms with Crippen molar-refractivity contribution >= 4 is 11.3 Å². The zero-order valence-corrected chi connectivity index (χ0v) is 11.4. The number of hydrogen-bond acceptors (Lipinski definition) is 4. The van der Waals surface area contributed by atoms with Gasteiger partial charge in [0.15, 0.2) is 0 Å². The summed E-state index contributed by atoms with van der Waals surface area (Å²) >= 11 is 1.71. The molecule has 0 saturated carbocycles. The van der Waals surface area contributed by atoms with Crippen molar-refractivity contribution in [3.63, 3.8) is 0 Å². The van der Waals surface area contributed by atoms with E-state index in [1.807, 2.05) is 14.0 Å². The fourth-order valence-electron chi connectivity index (χ4n) is 1.91. The largest absolute Gasteiger partial charge is 0.380 e. The summed E-state index contributed by atoms with van der Waals surface area (Å²) < 4.78 is 5.54. The highest BCUT2D eigenvalue weighted by molar-refractivity contribution is 7.09. The van der Waals surface area contributed by atoms with E-state index in [-0.39, 0.29) is 6.10 Å². The Morgan fingerprint density at radius 2 is 2.31 bits per heavy atom. The number of aryl methyl sites for hydroxylation is 1. The van der Waals surface area contributed by atoms with Crippen LogP contribution in [0, 0.1) is 6.92 Å². The average Bonchev–Trinajstić information content (AvgIpc) is 2.69. The first kappa shape index (κ1) is 13.6. The highest BCUT2D eigenvalue weighted by Gasteiger charge is 2.20. The molecule has 3 nitrogen and oxygen atoms in total. The second-order valence-electron chi connectivity index (χ2n) is 4.02. The van der Waals surface area contributed by atoms with Crippen LogP contribution in [0.3, 0.4) is 0 Å². The molecule has 1 N–H and O–H groups in total. The summed E-state index contributed by atoms with van der Waals surface area (Å²) in [6.07, 6.45) is 3.45. The van der Waals surface area contributed by atoms with E-state index in [2.05, 4.69) is 22.6 Å². The summed E-state index contributed by atoms with van der Waals surface area (Å²) in [4.78, 5) is 4.50. The number of nitrogens with zero attached hydrogens (tertiary/aromatic N) is 1. The van der Waals surface area contributed by atoms with E-state index in [0.29, 0.717) is 6.04 Å². The van der Waals surface area contributed by atoms with Gasteiger partial charge in [-0.1, -0.05) is 13.3 Å². The quantitative estimate of drug-likeness (QED) is 0.797. The van der Waals surface area contributed by atoms with Crippen LogP contribution < -0.4 is 5.32 Å². The lowest BCUT2D eigenvalue weighted by Gasteiger charge is -2.24.